The van der Waals surface area contributed by atoms with Crippen LogP contribution in [0.3, 0.4) is 0 Å². The zero-order valence-corrected chi connectivity index (χ0v) is 10.2. The monoisotopic (exact) mass is 241 g/mol. The smallest absolute Gasteiger partial charge is 0.253 e. The quantitative estimate of drug-likeness (QED) is 0.806. The Bertz CT molecular complexity index is 532. The second-order valence-corrected chi connectivity index (χ2v) is 4.08. The highest BCUT2D eigenvalue weighted by atomic mass is 16.1. The number of hydrogen-bond acceptors (Lipinski definition) is 3. The number of carbonyl (C=O) groups excluding carboxylic acids is 1. The van der Waals surface area contributed by atoms with Crippen molar-refractivity contribution < 1.29 is 4.79 Å². The number of pyridine rings is 1. The van der Waals surface area contributed by atoms with E-state index in [9.17, 15) is 4.79 Å². The molecule has 0 aliphatic heterocycles. The van der Waals surface area contributed by atoms with E-state index in [0.717, 1.165) is 11.1 Å². The minimum Gasteiger partial charge on any atom is -0.398 e. The third-order valence-electron chi connectivity index (χ3n) is 2.71. The summed E-state index contributed by atoms with van der Waals surface area (Å²) in [6.07, 6.45) is 3.42. The molecule has 1 aromatic heterocycles. The molecule has 0 bridgehead atoms. The Labute approximate surface area is 106 Å². The highest BCUT2D eigenvalue weighted by molar-refractivity contribution is 6.00. The van der Waals surface area contributed by atoms with Crippen LogP contribution in [0.1, 0.15) is 21.5 Å². The van der Waals surface area contributed by atoms with Crippen molar-refractivity contribution in [2.24, 2.45) is 0 Å². The average molecular weight is 241 g/mol. The Hall–Kier alpha value is -2.36. The number of anilines is 1. The summed E-state index contributed by atoms with van der Waals surface area (Å²) in [7, 11) is 0. The summed E-state index contributed by atoms with van der Waals surface area (Å²) in [6, 6.07) is 9.18. The lowest BCUT2D eigenvalue weighted by atomic mass is 10.1. The molecule has 18 heavy (non-hydrogen) atoms. The fourth-order valence-corrected chi connectivity index (χ4v) is 1.77. The Morgan fingerprint density at radius 3 is 2.83 bits per heavy atom. The number of nitrogen functional groups attached to an aromatic ring is 1. The van der Waals surface area contributed by atoms with Crippen molar-refractivity contribution in [3.8, 4) is 0 Å². The average Bonchev–Trinajstić information content (AvgIpc) is 2.37. The van der Waals surface area contributed by atoms with Crippen molar-refractivity contribution in [2.75, 3.05) is 5.73 Å². The first-order chi connectivity index (χ1) is 8.68. The molecule has 0 unspecified atom stereocenters. The van der Waals surface area contributed by atoms with Gasteiger partial charge in [0, 0.05) is 24.6 Å². The molecular formula is C14H15N3O. The van der Waals surface area contributed by atoms with Gasteiger partial charge in [-0.15, -0.1) is 0 Å². The van der Waals surface area contributed by atoms with Crippen LogP contribution in [-0.4, -0.2) is 10.9 Å². The Morgan fingerprint density at radius 2 is 2.17 bits per heavy atom. The van der Waals surface area contributed by atoms with Gasteiger partial charge < -0.3 is 11.1 Å². The van der Waals surface area contributed by atoms with Crippen molar-refractivity contribution >= 4 is 11.6 Å². The number of benzene rings is 1. The third-order valence-corrected chi connectivity index (χ3v) is 2.71. The Kier molecular flexibility index (Phi) is 3.57. The van der Waals surface area contributed by atoms with Gasteiger partial charge in [0.1, 0.15) is 0 Å². The van der Waals surface area contributed by atoms with Gasteiger partial charge in [0.2, 0.25) is 0 Å². The van der Waals surface area contributed by atoms with Gasteiger partial charge in [-0.25, -0.2) is 0 Å². The summed E-state index contributed by atoms with van der Waals surface area (Å²) >= 11 is 0. The van der Waals surface area contributed by atoms with E-state index in [1.165, 1.54) is 0 Å². The van der Waals surface area contributed by atoms with Crippen LogP contribution in [-0.2, 0) is 6.54 Å². The molecule has 0 fully saturated rings. The minimum atomic E-state index is -0.158. The van der Waals surface area contributed by atoms with Gasteiger partial charge in [0.15, 0.2) is 0 Å². The molecule has 1 amide bonds. The number of hydrogen-bond donors (Lipinski definition) is 2. The highest BCUT2D eigenvalue weighted by Gasteiger charge is 2.11. The van der Waals surface area contributed by atoms with Crippen molar-refractivity contribution in [1.29, 1.82) is 0 Å². The van der Waals surface area contributed by atoms with Crippen LogP contribution in [0.2, 0.25) is 0 Å². The first kappa shape index (κ1) is 12.1. The molecule has 0 spiro atoms. The van der Waals surface area contributed by atoms with Crippen LogP contribution in [0.25, 0.3) is 0 Å². The number of rotatable bonds is 3. The lowest BCUT2D eigenvalue weighted by Crippen LogP contribution is -2.24. The number of nitrogens with two attached hydrogens (primary N) is 1. The molecule has 0 saturated heterocycles. The van der Waals surface area contributed by atoms with Gasteiger partial charge in [-0.05, 0) is 30.2 Å². The van der Waals surface area contributed by atoms with E-state index in [1.54, 1.807) is 18.5 Å². The summed E-state index contributed by atoms with van der Waals surface area (Å²) in [5.74, 6) is -0.158. The van der Waals surface area contributed by atoms with Crippen LogP contribution in [0, 0.1) is 6.92 Å². The SMILES string of the molecule is Cc1cccc(N)c1C(=O)NCc1cccnc1. The summed E-state index contributed by atoms with van der Waals surface area (Å²) in [4.78, 5) is 16.0. The van der Waals surface area contributed by atoms with E-state index < -0.39 is 0 Å². The first-order valence-corrected chi connectivity index (χ1v) is 5.70. The molecule has 4 heteroatoms. The predicted octanol–water partition coefficient (Wildman–Crippen LogP) is 1.90. The van der Waals surface area contributed by atoms with Crippen LogP contribution < -0.4 is 11.1 Å². The molecule has 92 valence electrons. The first-order valence-electron chi connectivity index (χ1n) is 5.70. The van der Waals surface area contributed by atoms with E-state index in [4.69, 9.17) is 5.73 Å². The molecule has 0 radical (unpaired) electrons. The van der Waals surface area contributed by atoms with Crippen molar-refractivity contribution in [3.05, 3.63) is 59.4 Å². The normalized spacial score (nSPS) is 10.1. The molecule has 0 atom stereocenters. The van der Waals surface area contributed by atoms with E-state index in [2.05, 4.69) is 10.3 Å². The minimum absolute atomic E-state index is 0.158. The van der Waals surface area contributed by atoms with Gasteiger partial charge in [-0.2, -0.15) is 0 Å². The topological polar surface area (TPSA) is 68.0 Å². The zero-order chi connectivity index (χ0) is 13.0. The maximum absolute atomic E-state index is 12.0. The zero-order valence-electron chi connectivity index (χ0n) is 10.2. The standard InChI is InChI=1S/C14H15N3O/c1-10-4-2-6-12(15)13(10)14(18)17-9-11-5-3-7-16-8-11/h2-8H,9,15H2,1H3,(H,17,18). The fraction of sp³-hybridized carbons (Fsp3) is 0.143. The van der Waals surface area contributed by atoms with Crippen LogP contribution in [0.15, 0.2) is 42.7 Å². The number of aryl methyl sites for hydroxylation is 1. The van der Waals surface area contributed by atoms with Crippen molar-refractivity contribution in [1.82, 2.24) is 10.3 Å². The predicted molar refractivity (Wildman–Crippen MR) is 71.0 cm³/mol. The molecule has 1 aromatic carbocycles. The molecule has 1 heterocycles. The molecule has 0 aliphatic carbocycles. The molecular weight excluding hydrogens is 226 g/mol. The molecule has 4 nitrogen and oxygen atoms in total. The second kappa shape index (κ2) is 5.31. The van der Waals surface area contributed by atoms with Gasteiger partial charge in [-0.3, -0.25) is 9.78 Å². The fourth-order valence-electron chi connectivity index (χ4n) is 1.77. The number of nitrogens with zero attached hydrogens (tertiary/aromatic N) is 1. The third kappa shape index (κ3) is 2.66. The molecule has 3 N–H and O–H groups in total. The van der Waals surface area contributed by atoms with Crippen molar-refractivity contribution in [3.63, 3.8) is 0 Å². The summed E-state index contributed by atoms with van der Waals surface area (Å²) in [5, 5.41) is 2.84. The maximum Gasteiger partial charge on any atom is 0.253 e. The molecule has 2 rings (SSSR count). The van der Waals surface area contributed by atoms with Crippen LogP contribution in [0.5, 0.6) is 0 Å². The Morgan fingerprint density at radius 1 is 1.33 bits per heavy atom. The molecule has 0 saturated carbocycles. The maximum atomic E-state index is 12.0. The lowest BCUT2D eigenvalue weighted by molar-refractivity contribution is 0.0951. The molecule has 2 aromatic rings. The van der Waals surface area contributed by atoms with Crippen LogP contribution in [0.4, 0.5) is 5.69 Å². The van der Waals surface area contributed by atoms with Crippen molar-refractivity contribution in [2.45, 2.75) is 13.5 Å². The number of amides is 1. The van der Waals surface area contributed by atoms with Crippen LogP contribution >= 0.6 is 0 Å². The van der Waals surface area contributed by atoms with E-state index >= 15 is 0 Å². The Balaban J connectivity index is 2.09. The van der Waals surface area contributed by atoms with Gasteiger partial charge in [0.25, 0.3) is 5.91 Å². The summed E-state index contributed by atoms with van der Waals surface area (Å²) < 4.78 is 0. The highest BCUT2D eigenvalue weighted by Crippen LogP contribution is 2.15. The van der Waals surface area contributed by atoms with E-state index in [1.807, 2.05) is 31.2 Å². The number of carbonyl (C=O) groups is 1. The van der Waals surface area contributed by atoms with E-state index in [0.29, 0.717) is 17.8 Å². The van der Waals surface area contributed by atoms with E-state index in [-0.39, 0.29) is 5.91 Å². The summed E-state index contributed by atoms with van der Waals surface area (Å²) in [6.45, 7) is 2.32. The van der Waals surface area contributed by atoms with Gasteiger partial charge in [0.05, 0.1) is 5.56 Å². The van der Waals surface area contributed by atoms with Gasteiger partial charge in [-0.1, -0.05) is 18.2 Å². The number of nitrogens with one attached hydrogen (secondary N) is 1. The number of aromatic nitrogens is 1. The second-order valence-electron chi connectivity index (χ2n) is 4.08. The largest absolute Gasteiger partial charge is 0.398 e. The molecule has 0 aliphatic rings. The summed E-state index contributed by atoms with van der Waals surface area (Å²) in [5.41, 5.74) is 8.69. The lowest BCUT2D eigenvalue weighted by Gasteiger charge is -2.09. The van der Waals surface area contributed by atoms with Gasteiger partial charge >= 0.3 is 0 Å².